The van der Waals surface area contributed by atoms with Gasteiger partial charge in [-0.15, -0.1) is 21.5 Å². The summed E-state index contributed by atoms with van der Waals surface area (Å²) < 4.78 is 2.07. The Morgan fingerprint density at radius 1 is 1.14 bits per heavy atom. The molecule has 29 heavy (non-hydrogen) atoms. The van der Waals surface area contributed by atoms with E-state index < -0.39 is 0 Å². The molecule has 1 amide bonds. The minimum absolute atomic E-state index is 0.0805. The lowest BCUT2D eigenvalue weighted by Crippen LogP contribution is -2.38. The number of amides is 1. The highest BCUT2D eigenvalue weighted by molar-refractivity contribution is 7.99. The Hall–Kier alpha value is -2.12. The van der Waals surface area contributed by atoms with Crippen LogP contribution in [0, 0.1) is 5.92 Å². The molecule has 1 N–H and O–H groups in total. The molecule has 0 spiro atoms. The van der Waals surface area contributed by atoms with E-state index in [0.29, 0.717) is 11.8 Å². The third kappa shape index (κ3) is 5.28. The molecule has 4 rings (SSSR count). The van der Waals surface area contributed by atoms with Gasteiger partial charge in [-0.2, -0.15) is 0 Å². The molecule has 5 nitrogen and oxygen atoms in total. The van der Waals surface area contributed by atoms with Crippen molar-refractivity contribution in [1.29, 1.82) is 0 Å². The van der Waals surface area contributed by atoms with Crippen molar-refractivity contribution in [3.8, 4) is 5.69 Å². The van der Waals surface area contributed by atoms with Crippen molar-refractivity contribution in [3.05, 3.63) is 58.5 Å². The molecule has 152 valence electrons. The highest BCUT2D eigenvalue weighted by atomic mass is 32.2. The van der Waals surface area contributed by atoms with Crippen molar-refractivity contribution in [2.45, 2.75) is 50.2 Å². The maximum Gasteiger partial charge on any atom is 0.230 e. The molecule has 3 aromatic rings. The monoisotopic (exact) mass is 426 g/mol. The minimum atomic E-state index is 0.0805. The van der Waals surface area contributed by atoms with Gasteiger partial charge >= 0.3 is 0 Å². The summed E-state index contributed by atoms with van der Waals surface area (Å²) >= 11 is 3.17. The van der Waals surface area contributed by atoms with Crippen molar-refractivity contribution in [2.75, 3.05) is 5.75 Å². The van der Waals surface area contributed by atoms with Gasteiger partial charge in [0.1, 0.15) is 5.82 Å². The van der Waals surface area contributed by atoms with Gasteiger partial charge in [-0.1, -0.05) is 43.0 Å². The van der Waals surface area contributed by atoms with E-state index in [2.05, 4.69) is 56.7 Å². The summed E-state index contributed by atoms with van der Waals surface area (Å²) in [6.07, 6.45) is 5.30. The van der Waals surface area contributed by atoms with Crippen LogP contribution in [0.3, 0.4) is 0 Å². The van der Waals surface area contributed by atoms with E-state index >= 15 is 0 Å². The number of hydrogen-bond acceptors (Lipinski definition) is 5. The number of nitrogens with one attached hydrogen (secondary N) is 1. The van der Waals surface area contributed by atoms with Crippen molar-refractivity contribution in [1.82, 2.24) is 20.1 Å². The van der Waals surface area contributed by atoms with Gasteiger partial charge in [-0.05, 0) is 55.2 Å². The molecule has 0 saturated heterocycles. The van der Waals surface area contributed by atoms with Gasteiger partial charge in [0.2, 0.25) is 5.91 Å². The first kappa shape index (κ1) is 20.2. The highest BCUT2D eigenvalue weighted by Gasteiger charge is 2.21. The van der Waals surface area contributed by atoms with Gasteiger partial charge in [0.25, 0.3) is 0 Å². The van der Waals surface area contributed by atoms with Gasteiger partial charge in [0, 0.05) is 23.0 Å². The van der Waals surface area contributed by atoms with Crippen molar-refractivity contribution in [2.24, 2.45) is 5.92 Å². The fourth-order valence-corrected chi connectivity index (χ4v) is 5.20. The number of aromatic nitrogens is 3. The smallest absolute Gasteiger partial charge is 0.230 e. The Morgan fingerprint density at radius 3 is 2.66 bits per heavy atom. The molecule has 1 fully saturated rings. The molecule has 2 heterocycles. The molecule has 0 atom stereocenters. The second-order valence-electron chi connectivity index (χ2n) is 7.64. The Bertz CT molecular complexity index is 916. The van der Waals surface area contributed by atoms with Crippen LogP contribution in [-0.2, 0) is 11.2 Å². The fourth-order valence-electron chi connectivity index (χ4n) is 3.72. The molecule has 1 saturated carbocycles. The highest BCUT2D eigenvalue weighted by Crippen LogP contribution is 2.26. The number of benzene rings is 1. The minimum Gasteiger partial charge on any atom is -0.353 e. The maximum absolute atomic E-state index is 12.5. The number of thiophene rings is 1. The molecule has 1 aliphatic carbocycles. The zero-order chi connectivity index (χ0) is 20.1. The van der Waals surface area contributed by atoms with Crippen molar-refractivity contribution in [3.63, 3.8) is 0 Å². The number of rotatable bonds is 7. The second-order valence-corrected chi connectivity index (χ2v) is 9.61. The van der Waals surface area contributed by atoms with Gasteiger partial charge in [0.05, 0.1) is 5.75 Å². The van der Waals surface area contributed by atoms with Crippen LogP contribution in [0.5, 0.6) is 0 Å². The fraction of sp³-hybridized carbons (Fsp3) is 0.409. The maximum atomic E-state index is 12.5. The van der Waals surface area contributed by atoms with Crippen LogP contribution in [0.1, 0.15) is 43.3 Å². The molecule has 2 aromatic heterocycles. The molecule has 0 unspecified atom stereocenters. The molecule has 1 aromatic carbocycles. The number of para-hydroxylation sites is 1. The average molecular weight is 427 g/mol. The summed E-state index contributed by atoms with van der Waals surface area (Å²) in [5.41, 5.74) is 1.02. The van der Waals surface area contributed by atoms with E-state index in [9.17, 15) is 4.79 Å². The summed E-state index contributed by atoms with van der Waals surface area (Å²) in [6.45, 7) is 2.29. The third-order valence-corrected chi connectivity index (χ3v) is 7.15. The van der Waals surface area contributed by atoms with Gasteiger partial charge in [0.15, 0.2) is 5.16 Å². The number of hydrogen-bond donors (Lipinski definition) is 1. The zero-order valence-electron chi connectivity index (χ0n) is 16.6. The summed E-state index contributed by atoms with van der Waals surface area (Å²) in [7, 11) is 0. The molecular formula is C22H26N4OS2. The van der Waals surface area contributed by atoms with Crippen LogP contribution in [0.25, 0.3) is 5.69 Å². The lowest BCUT2D eigenvalue weighted by molar-refractivity contribution is -0.119. The lowest BCUT2D eigenvalue weighted by atomic mass is 9.87. The summed E-state index contributed by atoms with van der Waals surface area (Å²) in [5, 5.41) is 14.9. The summed E-state index contributed by atoms with van der Waals surface area (Å²) in [4.78, 5) is 13.7. The zero-order valence-corrected chi connectivity index (χ0v) is 18.2. The standard InChI is InChI=1S/C22H26N4OS2/c1-16-9-11-17(12-10-16)23-21(27)15-29-22-25-24-20(14-19-8-5-13-28-19)26(22)18-6-3-2-4-7-18/h2-8,13,16-17H,9-12,14-15H2,1H3,(H,23,27). The quantitative estimate of drug-likeness (QED) is 0.556. The Labute approximate surface area is 179 Å². The molecule has 0 bridgehead atoms. The van der Waals surface area contributed by atoms with Crippen LogP contribution in [0.4, 0.5) is 0 Å². The Kier molecular flexibility index (Phi) is 6.67. The first-order valence-electron chi connectivity index (χ1n) is 10.1. The number of nitrogens with zero attached hydrogens (tertiary/aromatic N) is 3. The van der Waals surface area contributed by atoms with Gasteiger partial charge in [-0.3, -0.25) is 9.36 Å². The van der Waals surface area contributed by atoms with Gasteiger partial charge in [-0.25, -0.2) is 0 Å². The SMILES string of the molecule is CC1CCC(NC(=O)CSc2nnc(Cc3cccs3)n2-c2ccccc2)CC1. The largest absolute Gasteiger partial charge is 0.353 e. The number of carbonyl (C=O) groups is 1. The van der Waals surface area contributed by atoms with E-state index in [1.807, 2.05) is 18.2 Å². The topological polar surface area (TPSA) is 59.8 Å². The molecular weight excluding hydrogens is 400 g/mol. The summed E-state index contributed by atoms with van der Waals surface area (Å²) in [5.74, 6) is 2.11. The predicted octanol–water partition coefficient (Wildman–Crippen LogP) is 4.71. The van der Waals surface area contributed by atoms with E-state index in [-0.39, 0.29) is 5.91 Å². The number of carbonyl (C=O) groups excluding carboxylic acids is 1. The lowest BCUT2D eigenvalue weighted by Gasteiger charge is -2.26. The normalized spacial score (nSPS) is 19.2. The van der Waals surface area contributed by atoms with Crippen LogP contribution < -0.4 is 5.32 Å². The summed E-state index contributed by atoms with van der Waals surface area (Å²) in [6, 6.07) is 14.6. The second kappa shape index (κ2) is 9.59. The van der Waals surface area contributed by atoms with Crippen LogP contribution in [0.15, 0.2) is 53.0 Å². The van der Waals surface area contributed by atoms with Crippen LogP contribution in [0.2, 0.25) is 0 Å². The number of thioether (sulfide) groups is 1. The predicted molar refractivity (Wildman–Crippen MR) is 119 cm³/mol. The Morgan fingerprint density at radius 2 is 1.93 bits per heavy atom. The molecule has 7 heteroatoms. The van der Waals surface area contributed by atoms with E-state index in [4.69, 9.17) is 0 Å². The van der Waals surface area contributed by atoms with Gasteiger partial charge < -0.3 is 5.32 Å². The van der Waals surface area contributed by atoms with Crippen molar-refractivity contribution >= 4 is 29.0 Å². The first-order valence-corrected chi connectivity index (χ1v) is 12.0. The third-order valence-electron chi connectivity index (χ3n) is 5.34. The molecule has 0 radical (unpaired) electrons. The Balaban J connectivity index is 1.45. The van der Waals surface area contributed by atoms with E-state index in [0.717, 1.165) is 41.8 Å². The average Bonchev–Trinajstić information content (AvgIpc) is 3.39. The molecule has 0 aliphatic heterocycles. The molecule has 1 aliphatic rings. The van der Waals surface area contributed by atoms with Crippen molar-refractivity contribution < 1.29 is 4.79 Å². The van der Waals surface area contributed by atoms with E-state index in [1.54, 1.807) is 11.3 Å². The van der Waals surface area contributed by atoms with E-state index in [1.165, 1.54) is 29.5 Å². The first-order chi connectivity index (χ1) is 14.2. The van der Waals surface area contributed by atoms with Crippen LogP contribution in [-0.4, -0.2) is 32.5 Å². The van der Waals surface area contributed by atoms with Crippen LogP contribution >= 0.6 is 23.1 Å².